The Morgan fingerprint density at radius 2 is 1.91 bits per heavy atom. The number of likely N-dealkylation sites (tertiary alicyclic amines) is 1. The number of halogens is 1. The van der Waals surface area contributed by atoms with E-state index in [1.54, 1.807) is 6.20 Å². The summed E-state index contributed by atoms with van der Waals surface area (Å²) in [6, 6.07) is 16.2. The molecule has 10 nitrogen and oxygen atoms in total. The van der Waals surface area contributed by atoms with Crippen molar-refractivity contribution >= 4 is 22.6 Å². The summed E-state index contributed by atoms with van der Waals surface area (Å²) < 4.78 is 21.0. The fourth-order valence-corrected chi connectivity index (χ4v) is 6.69. The number of aromatic amines is 1. The Bertz CT molecular complexity index is 1830. The molecule has 2 aromatic carbocycles. The first-order valence-corrected chi connectivity index (χ1v) is 15.7. The number of benzene rings is 2. The molecular weight excluding hydrogens is 578 g/mol. The molecule has 0 aliphatic carbocycles. The van der Waals surface area contributed by atoms with Crippen molar-refractivity contribution in [3.05, 3.63) is 82.7 Å². The van der Waals surface area contributed by atoms with Crippen LogP contribution in [0.3, 0.4) is 0 Å². The van der Waals surface area contributed by atoms with E-state index < -0.39 is 5.79 Å². The average Bonchev–Trinajstić information content (AvgIpc) is 3.69. The number of hydrogen-bond acceptors (Lipinski definition) is 8. The molecular formula is C33H34ClN7O3. The molecule has 2 fully saturated rings. The maximum absolute atomic E-state index is 6.50. The second kappa shape index (κ2) is 10.9. The quantitative estimate of drug-likeness (QED) is 0.239. The van der Waals surface area contributed by atoms with Gasteiger partial charge in [-0.15, -0.1) is 10.2 Å². The lowest BCUT2D eigenvalue weighted by Crippen LogP contribution is -2.35. The number of piperidine rings is 1. The molecule has 0 radical (unpaired) electrons. The lowest BCUT2D eigenvalue weighted by Gasteiger charge is -2.33. The highest BCUT2D eigenvalue weighted by atomic mass is 35.5. The van der Waals surface area contributed by atoms with Gasteiger partial charge in [-0.1, -0.05) is 23.7 Å². The lowest BCUT2D eigenvalue weighted by molar-refractivity contribution is -0.0722. The molecule has 2 atom stereocenters. The molecule has 0 spiro atoms. The average molecular weight is 612 g/mol. The van der Waals surface area contributed by atoms with E-state index in [9.17, 15) is 0 Å². The van der Waals surface area contributed by atoms with Crippen molar-refractivity contribution in [2.24, 2.45) is 0 Å². The first-order chi connectivity index (χ1) is 21.4. The van der Waals surface area contributed by atoms with Gasteiger partial charge in [0, 0.05) is 30.9 Å². The van der Waals surface area contributed by atoms with Crippen LogP contribution >= 0.6 is 11.6 Å². The highest BCUT2D eigenvalue weighted by Crippen LogP contribution is 2.49. The molecule has 8 rings (SSSR count). The fraction of sp³-hybridized carbons (Fsp3) is 0.394. The van der Waals surface area contributed by atoms with Gasteiger partial charge in [0.1, 0.15) is 17.3 Å². The molecule has 6 heterocycles. The van der Waals surface area contributed by atoms with Crippen molar-refractivity contribution in [3.63, 3.8) is 0 Å². The number of pyridine rings is 1. The summed E-state index contributed by atoms with van der Waals surface area (Å²) in [4.78, 5) is 15.4. The molecule has 1 unspecified atom stereocenters. The van der Waals surface area contributed by atoms with Gasteiger partial charge in [0.25, 0.3) is 5.79 Å². The molecule has 1 N–H and O–H groups in total. The largest absolute Gasteiger partial charge is 0.443 e. The van der Waals surface area contributed by atoms with Gasteiger partial charge in [0.05, 0.1) is 35.2 Å². The summed E-state index contributed by atoms with van der Waals surface area (Å²) in [5, 5.41) is 8.98. The number of fused-ring (bicyclic) bond motifs is 2. The number of aryl methyl sites for hydroxylation is 1. The Labute approximate surface area is 260 Å². The number of nitrogens with zero attached hydrogens (tertiary/aromatic N) is 6. The Morgan fingerprint density at radius 3 is 2.64 bits per heavy atom. The summed E-state index contributed by atoms with van der Waals surface area (Å²) in [6.07, 6.45) is 5.00. The van der Waals surface area contributed by atoms with Gasteiger partial charge < -0.3 is 23.8 Å². The molecule has 3 aliphatic rings. The molecule has 226 valence electrons. The predicted molar refractivity (Wildman–Crippen MR) is 166 cm³/mol. The summed E-state index contributed by atoms with van der Waals surface area (Å²) in [5.41, 5.74) is 4.97. The van der Waals surface area contributed by atoms with Crippen molar-refractivity contribution in [3.8, 4) is 22.9 Å². The van der Waals surface area contributed by atoms with Crippen LogP contribution in [0, 0.1) is 6.92 Å². The zero-order valence-electron chi connectivity index (χ0n) is 24.8. The Morgan fingerprint density at radius 1 is 1.05 bits per heavy atom. The standard InChI is InChI=1S/C33H34ClN7O3/c1-20-36-32(39-38-20)22-6-8-27-26(16-22)37-30(41(27)18-24-12-15-42-24)19-40-13-10-21(11-14-40)25-4-3-5-28-31(25)44-33(2,43-28)29-9-7-23(34)17-35-29/h3-9,16-17,21,24H,10-15,18-19H2,1-2H3,(H,36,38,39)/t24-,33?/m0/s1. The van der Waals surface area contributed by atoms with Crippen molar-refractivity contribution in [1.29, 1.82) is 0 Å². The number of para-hydroxylation sites is 1. The van der Waals surface area contributed by atoms with Gasteiger partial charge in [-0.25, -0.2) is 4.98 Å². The fourth-order valence-electron chi connectivity index (χ4n) is 6.58. The van der Waals surface area contributed by atoms with Gasteiger partial charge in [-0.05, 0) is 81.6 Å². The zero-order chi connectivity index (χ0) is 29.8. The number of aromatic nitrogens is 6. The van der Waals surface area contributed by atoms with Crippen LogP contribution in [-0.2, 0) is 23.6 Å². The Balaban J connectivity index is 0.997. The van der Waals surface area contributed by atoms with Gasteiger partial charge in [0.15, 0.2) is 17.3 Å². The smallest absolute Gasteiger partial charge is 0.292 e. The van der Waals surface area contributed by atoms with E-state index in [2.05, 4.69) is 60.0 Å². The van der Waals surface area contributed by atoms with Crippen molar-refractivity contribution in [1.82, 2.24) is 34.6 Å². The summed E-state index contributed by atoms with van der Waals surface area (Å²) in [5.74, 6) is 3.60. The first-order valence-electron chi connectivity index (χ1n) is 15.3. The summed E-state index contributed by atoms with van der Waals surface area (Å²) >= 11 is 6.07. The monoisotopic (exact) mass is 611 g/mol. The van der Waals surface area contributed by atoms with E-state index in [-0.39, 0.29) is 6.10 Å². The van der Waals surface area contributed by atoms with E-state index in [1.165, 1.54) is 5.56 Å². The minimum Gasteiger partial charge on any atom is -0.443 e. The number of imidazole rings is 1. The topological polar surface area (TPSA) is 103 Å². The second-order valence-corrected chi connectivity index (χ2v) is 12.6. The summed E-state index contributed by atoms with van der Waals surface area (Å²) in [6.45, 7) is 8.20. The lowest BCUT2D eigenvalue weighted by atomic mass is 9.88. The molecule has 0 amide bonds. The first kappa shape index (κ1) is 27.6. The van der Waals surface area contributed by atoms with Crippen LogP contribution in [-0.4, -0.2) is 60.4 Å². The molecule has 3 aromatic heterocycles. The minimum atomic E-state index is -0.987. The van der Waals surface area contributed by atoms with Crippen LogP contribution in [0.2, 0.25) is 5.02 Å². The molecule has 0 saturated carbocycles. The zero-order valence-corrected chi connectivity index (χ0v) is 25.5. The van der Waals surface area contributed by atoms with Crippen LogP contribution in [0.15, 0.2) is 54.7 Å². The third kappa shape index (κ3) is 5.00. The Hall–Kier alpha value is -3.99. The third-order valence-electron chi connectivity index (χ3n) is 9.08. The molecule has 0 bridgehead atoms. The highest BCUT2D eigenvalue weighted by Gasteiger charge is 2.42. The van der Waals surface area contributed by atoms with Crippen LogP contribution in [0.5, 0.6) is 11.5 Å². The third-order valence-corrected chi connectivity index (χ3v) is 9.30. The van der Waals surface area contributed by atoms with E-state index in [1.807, 2.05) is 32.0 Å². The summed E-state index contributed by atoms with van der Waals surface area (Å²) in [7, 11) is 0. The molecule has 11 heteroatoms. The van der Waals surface area contributed by atoms with Gasteiger partial charge >= 0.3 is 0 Å². The van der Waals surface area contributed by atoms with Crippen LogP contribution in [0.25, 0.3) is 22.4 Å². The SMILES string of the molecule is Cc1nnc(-c2ccc3c(c2)nc(CN2CCC(c4cccc5c4OC(C)(c4ccc(Cl)cn4)O5)CC2)n3C[C@@H]2CCO2)[nH]1. The second-order valence-electron chi connectivity index (χ2n) is 12.1. The van der Waals surface area contributed by atoms with Crippen molar-refractivity contribution < 1.29 is 14.2 Å². The molecule has 5 aromatic rings. The van der Waals surface area contributed by atoms with Crippen LogP contribution in [0.4, 0.5) is 0 Å². The molecule has 2 saturated heterocycles. The molecule has 44 heavy (non-hydrogen) atoms. The Kier molecular flexibility index (Phi) is 6.81. The van der Waals surface area contributed by atoms with Crippen molar-refractivity contribution in [2.45, 2.75) is 64.0 Å². The highest BCUT2D eigenvalue weighted by molar-refractivity contribution is 6.30. The number of hydrogen-bond donors (Lipinski definition) is 1. The van der Waals surface area contributed by atoms with Gasteiger partial charge in [-0.3, -0.25) is 9.88 Å². The van der Waals surface area contributed by atoms with Gasteiger partial charge in [-0.2, -0.15) is 0 Å². The van der Waals surface area contributed by atoms with Crippen LogP contribution in [0.1, 0.15) is 55.0 Å². The van der Waals surface area contributed by atoms with Crippen LogP contribution < -0.4 is 9.47 Å². The van der Waals surface area contributed by atoms with E-state index >= 15 is 0 Å². The van der Waals surface area contributed by atoms with Gasteiger partial charge in [0.2, 0.25) is 0 Å². The van der Waals surface area contributed by atoms with E-state index in [0.717, 1.165) is 97.6 Å². The number of nitrogens with one attached hydrogen (secondary N) is 1. The number of rotatable bonds is 7. The number of H-pyrrole nitrogens is 1. The maximum atomic E-state index is 6.50. The minimum absolute atomic E-state index is 0.240. The van der Waals surface area contributed by atoms with Crippen molar-refractivity contribution in [2.75, 3.05) is 19.7 Å². The van der Waals surface area contributed by atoms with E-state index in [0.29, 0.717) is 16.6 Å². The van der Waals surface area contributed by atoms with E-state index in [4.69, 9.17) is 30.8 Å². The maximum Gasteiger partial charge on any atom is 0.292 e. The molecule has 3 aliphatic heterocycles. The predicted octanol–water partition coefficient (Wildman–Crippen LogP) is 5.99. The number of ether oxygens (including phenoxy) is 3. The normalized spacial score (nSPS) is 22.0.